The highest BCUT2D eigenvalue weighted by Crippen LogP contribution is 2.27. The molecule has 5 nitrogen and oxygen atoms in total. The van der Waals surface area contributed by atoms with Crippen molar-refractivity contribution in [1.29, 1.82) is 0 Å². The first-order valence-electron chi connectivity index (χ1n) is 7.12. The van der Waals surface area contributed by atoms with Crippen molar-refractivity contribution in [3.8, 4) is 16.9 Å². The highest BCUT2D eigenvalue weighted by molar-refractivity contribution is 9.10. The fourth-order valence-electron chi connectivity index (χ4n) is 2.15. The number of hydrogen-bond acceptors (Lipinski definition) is 4. The highest BCUT2D eigenvalue weighted by atomic mass is 79.9. The summed E-state index contributed by atoms with van der Waals surface area (Å²) in [5.74, 6) is -0.383. The van der Waals surface area contributed by atoms with E-state index >= 15 is 0 Å². The lowest BCUT2D eigenvalue weighted by Gasteiger charge is -2.06. The fourth-order valence-corrected chi connectivity index (χ4v) is 2.71. The third-order valence-electron chi connectivity index (χ3n) is 3.23. The van der Waals surface area contributed by atoms with Gasteiger partial charge in [-0.3, -0.25) is 4.98 Å². The van der Waals surface area contributed by atoms with Crippen molar-refractivity contribution in [2.75, 3.05) is 6.61 Å². The molecule has 0 saturated carbocycles. The Hall–Kier alpha value is -2.47. The van der Waals surface area contributed by atoms with Crippen molar-refractivity contribution in [2.45, 2.75) is 6.92 Å². The molecular weight excluding hydrogens is 358 g/mol. The van der Waals surface area contributed by atoms with E-state index in [1.165, 1.54) is 6.20 Å². The lowest BCUT2D eigenvalue weighted by Crippen LogP contribution is -2.03. The molecule has 23 heavy (non-hydrogen) atoms. The Kier molecular flexibility index (Phi) is 4.52. The summed E-state index contributed by atoms with van der Waals surface area (Å²) in [5.41, 5.74) is 3.05. The minimum absolute atomic E-state index is 0.336. The van der Waals surface area contributed by atoms with Crippen LogP contribution in [0.5, 0.6) is 0 Å². The van der Waals surface area contributed by atoms with E-state index in [1.807, 2.05) is 36.4 Å². The summed E-state index contributed by atoms with van der Waals surface area (Å²) in [5, 5.41) is 4.19. The number of pyridine rings is 1. The van der Waals surface area contributed by atoms with E-state index in [0.717, 1.165) is 21.4 Å². The summed E-state index contributed by atoms with van der Waals surface area (Å²) in [6, 6.07) is 11.8. The first kappa shape index (κ1) is 15.4. The smallest absolute Gasteiger partial charge is 0.341 e. The number of hydrogen-bond donors (Lipinski definition) is 0. The average Bonchev–Trinajstić information content (AvgIpc) is 3.06. The van der Waals surface area contributed by atoms with Gasteiger partial charge in [0, 0.05) is 16.2 Å². The van der Waals surface area contributed by atoms with Crippen LogP contribution in [0.25, 0.3) is 16.9 Å². The zero-order valence-electron chi connectivity index (χ0n) is 12.4. The van der Waals surface area contributed by atoms with Gasteiger partial charge in [0.25, 0.3) is 0 Å². The first-order valence-corrected chi connectivity index (χ1v) is 7.91. The number of esters is 1. The van der Waals surface area contributed by atoms with E-state index in [0.29, 0.717) is 12.2 Å². The number of benzene rings is 1. The monoisotopic (exact) mass is 371 g/mol. The van der Waals surface area contributed by atoms with E-state index in [2.05, 4.69) is 26.0 Å². The quantitative estimate of drug-likeness (QED) is 0.653. The maximum absolute atomic E-state index is 11.7. The van der Waals surface area contributed by atoms with Crippen LogP contribution in [0, 0.1) is 0 Å². The molecule has 0 saturated heterocycles. The van der Waals surface area contributed by atoms with Crippen molar-refractivity contribution in [3.63, 3.8) is 0 Å². The fraction of sp³-hybridized carbons (Fsp3) is 0.118. The van der Waals surface area contributed by atoms with E-state index in [9.17, 15) is 4.79 Å². The molecule has 1 aromatic carbocycles. The summed E-state index contributed by atoms with van der Waals surface area (Å²) in [4.78, 5) is 16.2. The van der Waals surface area contributed by atoms with Crippen molar-refractivity contribution >= 4 is 21.9 Å². The second kappa shape index (κ2) is 6.75. The SMILES string of the molecule is CCOC(=O)c1cnn(-c2cnc(-c3ccccc3)c(Br)c2)c1. The van der Waals surface area contributed by atoms with Crippen LogP contribution in [0.15, 0.2) is 59.5 Å². The van der Waals surface area contributed by atoms with Gasteiger partial charge in [0.05, 0.1) is 35.9 Å². The molecular formula is C17H14BrN3O2. The summed E-state index contributed by atoms with van der Waals surface area (Å²) >= 11 is 3.55. The topological polar surface area (TPSA) is 57.0 Å². The molecule has 2 aromatic heterocycles. The number of nitrogens with zero attached hydrogens (tertiary/aromatic N) is 3. The molecule has 0 aliphatic heterocycles. The molecule has 0 aliphatic rings. The molecule has 0 atom stereocenters. The molecule has 6 heteroatoms. The Balaban J connectivity index is 1.90. The molecule has 0 bridgehead atoms. The summed E-state index contributed by atoms with van der Waals surface area (Å²) < 4.78 is 7.41. The van der Waals surface area contributed by atoms with Gasteiger partial charge in [-0.25, -0.2) is 9.48 Å². The standard InChI is InChI=1S/C17H14BrN3O2/c1-2-23-17(22)13-9-20-21(11-13)14-8-15(18)16(19-10-14)12-6-4-3-5-7-12/h3-11H,2H2,1H3. The second-order valence-corrected chi connectivity index (χ2v) is 5.64. The molecule has 0 fully saturated rings. The van der Waals surface area contributed by atoms with Crippen LogP contribution in [0.1, 0.15) is 17.3 Å². The van der Waals surface area contributed by atoms with Crippen LogP contribution in [-0.4, -0.2) is 27.3 Å². The number of rotatable bonds is 4. The van der Waals surface area contributed by atoms with Crippen LogP contribution < -0.4 is 0 Å². The maximum Gasteiger partial charge on any atom is 0.341 e. The lowest BCUT2D eigenvalue weighted by molar-refractivity contribution is 0.0526. The summed E-state index contributed by atoms with van der Waals surface area (Å²) in [6.45, 7) is 2.11. The minimum atomic E-state index is -0.383. The molecule has 3 rings (SSSR count). The van der Waals surface area contributed by atoms with Gasteiger partial charge in [-0.2, -0.15) is 5.10 Å². The lowest BCUT2D eigenvalue weighted by atomic mass is 10.1. The minimum Gasteiger partial charge on any atom is -0.462 e. The number of halogens is 1. The summed E-state index contributed by atoms with van der Waals surface area (Å²) in [7, 11) is 0. The molecule has 0 amide bonds. The van der Waals surface area contributed by atoms with Crippen LogP contribution in [0.2, 0.25) is 0 Å². The number of carbonyl (C=O) groups excluding carboxylic acids is 1. The Morgan fingerprint density at radius 2 is 2.04 bits per heavy atom. The second-order valence-electron chi connectivity index (χ2n) is 4.78. The molecule has 0 N–H and O–H groups in total. The van der Waals surface area contributed by atoms with Gasteiger partial charge in [-0.1, -0.05) is 30.3 Å². The van der Waals surface area contributed by atoms with Gasteiger partial charge in [-0.15, -0.1) is 0 Å². The third kappa shape index (κ3) is 3.32. The average molecular weight is 372 g/mol. The van der Waals surface area contributed by atoms with Gasteiger partial charge in [0.1, 0.15) is 0 Å². The van der Waals surface area contributed by atoms with E-state index in [4.69, 9.17) is 4.74 Å². The molecule has 0 aliphatic carbocycles. The predicted molar refractivity (Wildman–Crippen MR) is 90.5 cm³/mol. The van der Waals surface area contributed by atoms with Gasteiger partial charge in [0.15, 0.2) is 0 Å². The van der Waals surface area contributed by atoms with E-state index < -0.39 is 0 Å². The zero-order valence-corrected chi connectivity index (χ0v) is 14.0. The molecule has 116 valence electrons. The van der Waals surface area contributed by atoms with Gasteiger partial charge in [0.2, 0.25) is 0 Å². The van der Waals surface area contributed by atoms with Crippen LogP contribution >= 0.6 is 15.9 Å². The highest BCUT2D eigenvalue weighted by Gasteiger charge is 2.12. The molecule has 0 unspecified atom stereocenters. The molecule has 2 heterocycles. The van der Waals surface area contributed by atoms with Crippen LogP contribution in [-0.2, 0) is 4.74 Å². The Morgan fingerprint density at radius 1 is 1.26 bits per heavy atom. The Morgan fingerprint density at radius 3 is 2.74 bits per heavy atom. The molecule has 0 radical (unpaired) electrons. The van der Waals surface area contributed by atoms with Gasteiger partial charge >= 0.3 is 5.97 Å². The molecule has 3 aromatic rings. The van der Waals surface area contributed by atoms with Crippen molar-refractivity contribution in [3.05, 3.63) is 65.0 Å². The zero-order chi connectivity index (χ0) is 16.2. The predicted octanol–water partition coefficient (Wildman–Crippen LogP) is 3.87. The van der Waals surface area contributed by atoms with Gasteiger partial charge in [-0.05, 0) is 28.9 Å². The Bertz CT molecular complexity index is 831. The number of carbonyl (C=O) groups is 1. The van der Waals surface area contributed by atoms with Gasteiger partial charge < -0.3 is 4.74 Å². The number of aromatic nitrogens is 3. The van der Waals surface area contributed by atoms with Crippen LogP contribution in [0.4, 0.5) is 0 Å². The van der Waals surface area contributed by atoms with Crippen molar-refractivity contribution in [1.82, 2.24) is 14.8 Å². The molecule has 0 spiro atoms. The van der Waals surface area contributed by atoms with Crippen molar-refractivity contribution < 1.29 is 9.53 Å². The number of ether oxygens (including phenoxy) is 1. The van der Waals surface area contributed by atoms with E-state index in [1.54, 1.807) is 24.0 Å². The van der Waals surface area contributed by atoms with Crippen LogP contribution in [0.3, 0.4) is 0 Å². The third-order valence-corrected chi connectivity index (χ3v) is 3.84. The first-order chi connectivity index (χ1) is 11.2. The normalized spacial score (nSPS) is 10.5. The van der Waals surface area contributed by atoms with E-state index in [-0.39, 0.29) is 5.97 Å². The summed E-state index contributed by atoms with van der Waals surface area (Å²) in [6.07, 6.45) is 4.83. The maximum atomic E-state index is 11.7. The van der Waals surface area contributed by atoms with Crippen molar-refractivity contribution in [2.24, 2.45) is 0 Å². The Labute approximate surface area is 142 Å². The largest absolute Gasteiger partial charge is 0.462 e.